The number of esters is 2. The van der Waals surface area contributed by atoms with Crippen LogP contribution in [-0.4, -0.2) is 43.5 Å². The molecule has 1 aromatic carbocycles. The lowest BCUT2D eigenvalue weighted by atomic mass is 9.33. The Morgan fingerprint density at radius 1 is 0.918 bits per heavy atom. The van der Waals surface area contributed by atoms with Crippen LogP contribution in [0.15, 0.2) is 42.0 Å². The Morgan fingerprint density at radius 2 is 1.63 bits per heavy atom. The first-order chi connectivity index (χ1) is 23.0. The predicted molar refractivity (Wildman–Crippen MR) is 192 cm³/mol. The normalized spacial score (nSPS) is 40.9. The summed E-state index contributed by atoms with van der Waals surface area (Å²) in [6.45, 7) is 18.1. The lowest BCUT2D eigenvalue weighted by Crippen LogP contribution is -2.66. The Kier molecular flexibility index (Phi) is 9.57. The van der Waals surface area contributed by atoms with Crippen LogP contribution in [0.25, 0.3) is 0 Å². The highest BCUT2D eigenvalue weighted by Gasteiger charge is 2.70. The van der Waals surface area contributed by atoms with Crippen molar-refractivity contribution in [1.82, 2.24) is 5.32 Å². The molecule has 0 aromatic heterocycles. The predicted octanol–water partition coefficient (Wildman–Crippen LogP) is 7.56. The van der Waals surface area contributed by atoms with E-state index < -0.39 is 5.41 Å². The van der Waals surface area contributed by atoms with Gasteiger partial charge in [-0.15, -0.1) is 0 Å². The second-order valence-electron chi connectivity index (χ2n) is 18.5. The molecule has 0 saturated heterocycles. The highest BCUT2D eigenvalue weighted by atomic mass is 16.5. The first-order valence-electron chi connectivity index (χ1n) is 19.1. The average Bonchev–Trinajstić information content (AvgIpc) is 3.05. The molecule has 0 spiro atoms. The molecule has 5 aliphatic rings. The number of nitrogens with two attached hydrogens (primary N) is 1. The lowest BCUT2D eigenvalue weighted by Gasteiger charge is -2.70. The van der Waals surface area contributed by atoms with E-state index >= 15 is 0 Å². The van der Waals surface area contributed by atoms with Gasteiger partial charge in [0.15, 0.2) is 5.78 Å². The molecule has 0 radical (unpaired) electrons. The molecule has 0 heterocycles. The van der Waals surface area contributed by atoms with E-state index in [2.05, 4.69) is 59.9 Å². The number of rotatable bonds is 9. The molecule has 7 heteroatoms. The fourth-order valence-corrected chi connectivity index (χ4v) is 12.1. The van der Waals surface area contributed by atoms with Crippen molar-refractivity contribution in [1.29, 1.82) is 0 Å². The van der Waals surface area contributed by atoms with Crippen LogP contribution in [0.4, 0.5) is 0 Å². The SMILES string of the molecule is CC1(C)[C@@H](OC(=O)CNCCCN)CC[C@]2(C)[C@H]3C(=O)C=C4[C@@H]5C[C@@](C)(C(=O)OCc6ccccc6)CC[C@]5(C)CC[C@@]4(C)[C@]3(C)CC[C@@H]12. The van der Waals surface area contributed by atoms with Gasteiger partial charge in [-0.05, 0) is 129 Å². The standard InChI is InChI=1S/C42H62N2O5/c1-37(2)32-14-17-42(7)35(40(32,5)16-15-33(37)49-34(46)26-44-23-11-22-43)31(45)24-29-30-25-39(4,19-18-38(30,3)20-21-41(29,42)6)36(47)48-27-28-12-9-8-10-13-28/h8-10,12-13,24,30,32-33,35,44H,11,14-23,25-27,43H2,1-7H3/t30-,32-,33-,35+,38+,39-,40-,41+,42+/m0/s1. The molecule has 0 unspecified atom stereocenters. The molecule has 1 aromatic rings. The lowest BCUT2D eigenvalue weighted by molar-refractivity contribution is -0.211. The molecule has 49 heavy (non-hydrogen) atoms. The van der Waals surface area contributed by atoms with Crippen molar-refractivity contribution >= 4 is 17.7 Å². The van der Waals surface area contributed by atoms with Gasteiger partial charge in [0.2, 0.25) is 0 Å². The fourth-order valence-electron chi connectivity index (χ4n) is 12.1. The van der Waals surface area contributed by atoms with Gasteiger partial charge in [0, 0.05) is 11.3 Å². The van der Waals surface area contributed by atoms with E-state index in [-0.39, 0.29) is 81.8 Å². The maximum absolute atomic E-state index is 14.8. The van der Waals surface area contributed by atoms with Crippen LogP contribution in [0.3, 0.4) is 0 Å². The third-order valence-electron chi connectivity index (χ3n) is 15.3. The van der Waals surface area contributed by atoms with Gasteiger partial charge in [-0.25, -0.2) is 0 Å². The largest absolute Gasteiger partial charge is 0.461 e. The maximum Gasteiger partial charge on any atom is 0.320 e. The van der Waals surface area contributed by atoms with Crippen LogP contribution in [0, 0.1) is 50.2 Å². The Bertz CT molecular complexity index is 1470. The number of allylic oxidation sites excluding steroid dienone is 2. The summed E-state index contributed by atoms with van der Waals surface area (Å²) in [7, 11) is 0. The van der Waals surface area contributed by atoms with Crippen LogP contribution in [0.1, 0.15) is 118 Å². The second-order valence-corrected chi connectivity index (χ2v) is 18.5. The van der Waals surface area contributed by atoms with Crippen molar-refractivity contribution in [2.45, 2.75) is 125 Å². The van der Waals surface area contributed by atoms with Crippen LogP contribution in [0.5, 0.6) is 0 Å². The smallest absolute Gasteiger partial charge is 0.320 e. The van der Waals surface area contributed by atoms with Crippen molar-refractivity contribution in [3.8, 4) is 0 Å². The summed E-state index contributed by atoms with van der Waals surface area (Å²) in [5, 5.41) is 3.16. The van der Waals surface area contributed by atoms with Crippen LogP contribution >= 0.6 is 0 Å². The minimum atomic E-state index is -0.581. The number of hydrogen-bond acceptors (Lipinski definition) is 7. The molecular weight excluding hydrogens is 612 g/mol. The molecule has 6 rings (SSSR count). The van der Waals surface area contributed by atoms with Gasteiger partial charge in [0.25, 0.3) is 0 Å². The zero-order chi connectivity index (χ0) is 35.5. The highest BCUT2D eigenvalue weighted by Crippen LogP contribution is 2.75. The quantitative estimate of drug-likeness (QED) is 0.206. The molecular formula is C42H62N2O5. The zero-order valence-electron chi connectivity index (χ0n) is 31.3. The number of nitrogens with one attached hydrogen (secondary N) is 1. The molecule has 0 amide bonds. The number of benzene rings is 1. The summed E-state index contributed by atoms with van der Waals surface area (Å²) in [6, 6.07) is 9.91. The number of ketones is 1. The van der Waals surface area contributed by atoms with Crippen molar-refractivity contribution in [3.63, 3.8) is 0 Å². The molecule has 270 valence electrons. The number of hydrogen-bond donors (Lipinski definition) is 2. The molecule has 0 aliphatic heterocycles. The van der Waals surface area contributed by atoms with Gasteiger partial charge >= 0.3 is 11.9 Å². The summed E-state index contributed by atoms with van der Waals surface area (Å²) >= 11 is 0. The monoisotopic (exact) mass is 674 g/mol. The molecule has 4 saturated carbocycles. The van der Waals surface area contributed by atoms with E-state index in [0.29, 0.717) is 13.1 Å². The van der Waals surface area contributed by atoms with E-state index in [0.717, 1.165) is 69.8 Å². The van der Waals surface area contributed by atoms with E-state index in [9.17, 15) is 14.4 Å². The fraction of sp³-hybridized carbons (Fsp3) is 0.738. The number of carbonyl (C=O) groups excluding carboxylic acids is 3. The third kappa shape index (κ3) is 5.93. The van der Waals surface area contributed by atoms with Gasteiger partial charge < -0.3 is 20.5 Å². The molecule has 0 bridgehead atoms. The topological polar surface area (TPSA) is 108 Å². The summed E-state index contributed by atoms with van der Waals surface area (Å²) in [5.41, 5.74) is 6.64. The summed E-state index contributed by atoms with van der Waals surface area (Å²) in [5.74, 6) is 0.311. The van der Waals surface area contributed by atoms with Gasteiger partial charge in [0.05, 0.1) is 12.0 Å². The molecule has 7 nitrogen and oxygen atoms in total. The van der Waals surface area contributed by atoms with Gasteiger partial charge in [0.1, 0.15) is 12.7 Å². The highest BCUT2D eigenvalue weighted by molar-refractivity contribution is 5.95. The number of ether oxygens (including phenoxy) is 2. The number of carbonyl (C=O) groups is 3. The Balaban J connectivity index is 1.25. The Labute approximate surface area is 294 Å². The van der Waals surface area contributed by atoms with Gasteiger partial charge in [-0.3, -0.25) is 14.4 Å². The number of fused-ring (bicyclic) bond motifs is 7. The molecule has 4 fully saturated rings. The zero-order valence-corrected chi connectivity index (χ0v) is 31.3. The van der Waals surface area contributed by atoms with E-state index in [1.165, 1.54) is 5.57 Å². The van der Waals surface area contributed by atoms with Gasteiger partial charge in [-0.2, -0.15) is 0 Å². The first kappa shape index (κ1) is 36.3. The van der Waals surface area contributed by atoms with Crippen LogP contribution < -0.4 is 11.1 Å². The van der Waals surface area contributed by atoms with Crippen molar-refractivity contribution in [2.24, 2.45) is 56.0 Å². The Hall–Kier alpha value is -2.51. The average molecular weight is 675 g/mol. The van der Waals surface area contributed by atoms with E-state index in [4.69, 9.17) is 15.2 Å². The minimum absolute atomic E-state index is 0.0677. The molecule has 9 atom stereocenters. The third-order valence-corrected chi connectivity index (χ3v) is 15.3. The first-order valence-corrected chi connectivity index (χ1v) is 19.1. The van der Waals surface area contributed by atoms with Gasteiger partial charge in [-0.1, -0.05) is 77.4 Å². The van der Waals surface area contributed by atoms with Crippen molar-refractivity contribution < 1.29 is 23.9 Å². The maximum atomic E-state index is 14.8. The molecule has 3 N–H and O–H groups in total. The summed E-state index contributed by atoms with van der Waals surface area (Å²) in [4.78, 5) is 41.4. The summed E-state index contributed by atoms with van der Waals surface area (Å²) in [6.07, 6.45) is 11.1. The minimum Gasteiger partial charge on any atom is -0.461 e. The Morgan fingerprint density at radius 3 is 2.35 bits per heavy atom. The van der Waals surface area contributed by atoms with Crippen LogP contribution in [-0.2, 0) is 30.5 Å². The summed E-state index contributed by atoms with van der Waals surface area (Å²) < 4.78 is 12.1. The van der Waals surface area contributed by atoms with E-state index in [1.807, 2.05) is 30.3 Å². The second kappa shape index (κ2) is 12.9. The van der Waals surface area contributed by atoms with Crippen LogP contribution in [0.2, 0.25) is 0 Å². The van der Waals surface area contributed by atoms with Crippen molar-refractivity contribution in [3.05, 3.63) is 47.5 Å². The molecule has 5 aliphatic carbocycles. The van der Waals surface area contributed by atoms with E-state index in [1.54, 1.807) is 0 Å². The van der Waals surface area contributed by atoms with Crippen molar-refractivity contribution in [2.75, 3.05) is 19.6 Å².